The van der Waals surface area contributed by atoms with Gasteiger partial charge in [-0.05, 0) is 25.3 Å². The van der Waals surface area contributed by atoms with Gasteiger partial charge in [0.15, 0.2) is 11.0 Å². The Kier molecular flexibility index (Phi) is 3.92. The van der Waals surface area contributed by atoms with E-state index in [0.717, 1.165) is 29.6 Å². The van der Waals surface area contributed by atoms with Gasteiger partial charge in [-0.1, -0.05) is 55.3 Å². The summed E-state index contributed by atoms with van der Waals surface area (Å²) in [6.45, 7) is 3.08. The first kappa shape index (κ1) is 14.3. The van der Waals surface area contributed by atoms with Crippen molar-refractivity contribution in [3.63, 3.8) is 0 Å². The predicted octanol–water partition coefficient (Wildman–Crippen LogP) is 3.91. The fourth-order valence-corrected chi connectivity index (χ4v) is 4.55. The lowest BCUT2D eigenvalue weighted by atomic mass is 9.95. The Morgan fingerprint density at radius 2 is 1.91 bits per heavy atom. The summed E-state index contributed by atoms with van der Waals surface area (Å²) in [6.07, 6.45) is 6.86. The van der Waals surface area contributed by atoms with Crippen molar-refractivity contribution in [2.75, 3.05) is 5.88 Å². The van der Waals surface area contributed by atoms with Gasteiger partial charge >= 0.3 is 0 Å². The fraction of sp³-hybridized carbons (Fsp3) is 0.529. The standard InChI is InChI=1S/C17H22N4S/c1-13-7-5-6-10-15(13)16-18-19-17-21(16)11-20(12-22-17)14-8-3-2-4-9-14/h5-7,10,14H,2-4,8-9,11-12H2,1H3. The van der Waals surface area contributed by atoms with E-state index in [-0.39, 0.29) is 0 Å². The van der Waals surface area contributed by atoms with Crippen LogP contribution in [0, 0.1) is 6.92 Å². The van der Waals surface area contributed by atoms with Crippen molar-refractivity contribution in [2.45, 2.75) is 56.9 Å². The molecule has 2 aliphatic rings. The maximum atomic E-state index is 4.47. The molecule has 1 aromatic heterocycles. The highest BCUT2D eigenvalue weighted by Gasteiger charge is 2.28. The van der Waals surface area contributed by atoms with Crippen LogP contribution in [0.5, 0.6) is 0 Å². The Morgan fingerprint density at radius 1 is 1.09 bits per heavy atom. The number of nitrogens with zero attached hydrogens (tertiary/aromatic N) is 4. The molecule has 0 bridgehead atoms. The normalized spacial score (nSPS) is 20.0. The lowest BCUT2D eigenvalue weighted by Crippen LogP contribution is -2.40. The monoisotopic (exact) mass is 314 g/mol. The highest BCUT2D eigenvalue weighted by atomic mass is 32.2. The van der Waals surface area contributed by atoms with E-state index in [1.165, 1.54) is 43.2 Å². The van der Waals surface area contributed by atoms with Gasteiger partial charge in [0, 0.05) is 11.6 Å². The first-order valence-corrected chi connectivity index (χ1v) is 9.17. The third-order valence-corrected chi connectivity index (χ3v) is 5.90. The first-order valence-electron chi connectivity index (χ1n) is 8.19. The van der Waals surface area contributed by atoms with Gasteiger partial charge in [0.05, 0.1) is 12.5 Å². The molecule has 1 aliphatic carbocycles. The molecule has 1 saturated carbocycles. The van der Waals surface area contributed by atoms with E-state index in [1.807, 2.05) is 11.8 Å². The largest absolute Gasteiger partial charge is 0.288 e. The van der Waals surface area contributed by atoms with Crippen LogP contribution in [-0.2, 0) is 6.67 Å². The number of rotatable bonds is 2. The molecule has 0 radical (unpaired) electrons. The highest BCUT2D eigenvalue weighted by Crippen LogP contribution is 2.33. The molecule has 4 nitrogen and oxygen atoms in total. The molecule has 1 aromatic carbocycles. The molecule has 0 saturated heterocycles. The van der Waals surface area contributed by atoms with Crippen molar-refractivity contribution < 1.29 is 0 Å². The average molecular weight is 314 g/mol. The van der Waals surface area contributed by atoms with Crippen LogP contribution in [0.1, 0.15) is 37.7 Å². The van der Waals surface area contributed by atoms with Gasteiger partial charge in [-0.25, -0.2) is 0 Å². The minimum atomic E-state index is 0.738. The summed E-state index contributed by atoms with van der Waals surface area (Å²) < 4.78 is 2.30. The maximum absolute atomic E-state index is 4.47. The predicted molar refractivity (Wildman–Crippen MR) is 89.6 cm³/mol. The summed E-state index contributed by atoms with van der Waals surface area (Å²) in [5.74, 6) is 2.07. The molecule has 4 rings (SSSR count). The van der Waals surface area contributed by atoms with Crippen LogP contribution >= 0.6 is 11.8 Å². The lowest BCUT2D eigenvalue weighted by molar-refractivity contribution is 0.135. The second kappa shape index (κ2) is 6.05. The van der Waals surface area contributed by atoms with E-state index in [1.54, 1.807) is 0 Å². The van der Waals surface area contributed by atoms with Gasteiger partial charge in [0.25, 0.3) is 0 Å². The van der Waals surface area contributed by atoms with Crippen LogP contribution < -0.4 is 0 Å². The molecule has 1 aliphatic heterocycles. The van der Waals surface area contributed by atoms with E-state index in [2.05, 4.69) is 50.9 Å². The molecule has 1 fully saturated rings. The zero-order valence-corrected chi connectivity index (χ0v) is 13.9. The molecule has 2 aromatic rings. The summed E-state index contributed by atoms with van der Waals surface area (Å²) in [5, 5.41) is 9.94. The molecule has 5 heteroatoms. The Bertz CT molecular complexity index is 660. The molecule has 0 atom stereocenters. The van der Waals surface area contributed by atoms with Gasteiger partial charge in [0.2, 0.25) is 0 Å². The summed E-state index contributed by atoms with van der Waals surface area (Å²) in [5.41, 5.74) is 2.46. The van der Waals surface area contributed by atoms with Crippen LogP contribution in [-0.4, -0.2) is 31.6 Å². The minimum absolute atomic E-state index is 0.738. The summed E-state index contributed by atoms with van der Waals surface area (Å²) in [7, 11) is 0. The lowest BCUT2D eigenvalue weighted by Gasteiger charge is -2.36. The Morgan fingerprint density at radius 3 is 2.73 bits per heavy atom. The summed E-state index contributed by atoms with van der Waals surface area (Å²) in [4.78, 5) is 2.61. The molecular formula is C17H22N4S. The van der Waals surface area contributed by atoms with Crippen LogP contribution in [0.15, 0.2) is 29.4 Å². The topological polar surface area (TPSA) is 34.0 Å². The molecule has 0 spiro atoms. The van der Waals surface area contributed by atoms with Crippen molar-refractivity contribution >= 4 is 11.8 Å². The van der Waals surface area contributed by atoms with Crippen LogP contribution in [0.25, 0.3) is 11.4 Å². The van der Waals surface area contributed by atoms with Crippen molar-refractivity contribution in [1.29, 1.82) is 0 Å². The van der Waals surface area contributed by atoms with Gasteiger partial charge in [-0.2, -0.15) is 0 Å². The van der Waals surface area contributed by atoms with Gasteiger partial charge in [-0.15, -0.1) is 10.2 Å². The van der Waals surface area contributed by atoms with Gasteiger partial charge < -0.3 is 0 Å². The van der Waals surface area contributed by atoms with Crippen LogP contribution in [0.2, 0.25) is 0 Å². The summed E-state index contributed by atoms with van der Waals surface area (Å²) >= 11 is 1.83. The highest BCUT2D eigenvalue weighted by molar-refractivity contribution is 7.99. The number of benzene rings is 1. The van der Waals surface area contributed by atoms with Crippen molar-refractivity contribution in [3.8, 4) is 11.4 Å². The number of hydrogen-bond donors (Lipinski definition) is 0. The zero-order chi connectivity index (χ0) is 14.9. The van der Waals surface area contributed by atoms with E-state index < -0.39 is 0 Å². The second-order valence-corrected chi connectivity index (χ2v) is 7.26. The van der Waals surface area contributed by atoms with E-state index in [0.29, 0.717) is 0 Å². The Labute approximate surface area is 135 Å². The molecule has 0 unspecified atom stereocenters. The van der Waals surface area contributed by atoms with Crippen LogP contribution in [0.3, 0.4) is 0 Å². The molecule has 0 amide bonds. The van der Waals surface area contributed by atoms with E-state index in [9.17, 15) is 0 Å². The Hall–Kier alpha value is -1.33. The van der Waals surface area contributed by atoms with E-state index in [4.69, 9.17) is 0 Å². The third-order valence-electron chi connectivity index (χ3n) is 4.88. The number of aromatic nitrogens is 3. The fourth-order valence-electron chi connectivity index (χ4n) is 3.58. The van der Waals surface area contributed by atoms with Crippen LogP contribution in [0.4, 0.5) is 0 Å². The number of thioether (sulfide) groups is 1. The number of hydrogen-bond acceptors (Lipinski definition) is 4. The molecule has 0 N–H and O–H groups in total. The first-order chi connectivity index (χ1) is 10.8. The van der Waals surface area contributed by atoms with Gasteiger partial charge in [-0.3, -0.25) is 9.47 Å². The number of fused-ring (bicyclic) bond motifs is 1. The average Bonchev–Trinajstić information content (AvgIpc) is 2.99. The zero-order valence-electron chi connectivity index (χ0n) is 13.0. The number of aryl methyl sites for hydroxylation is 1. The van der Waals surface area contributed by atoms with E-state index >= 15 is 0 Å². The second-order valence-electron chi connectivity index (χ2n) is 6.34. The van der Waals surface area contributed by atoms with Crippen molar-refractivity contribution in [2.24, 2.45) is 0 Å². The van der Waals surface area contributed by atoms with Gasteiger partial charge in [0.1, 0.15) is 0 Å². The molecule has 22 heavy (non-hydrogen) atoms. The minimum Gasteiger partial charge on any atom is -0.288 e. The van der Waals surface area contributed by atoms with Crippen molar-refractivity contribution in [3.05, 3.63) is 29.8 Å². The maximum Gasteiger partial charge on any atom is 0.193 e. The molecule has 116 valence electrons. The molecule has 2 heterocycles. The molecular weight excluding hydrogens is 292 g/mol. The SMILES string of the molecule is Cc1ccccc1-c1nnc2n1CN(C1CCCCC1)CS2. The summed E-state index contributed by atoms with van der Waals surface area (Å²) in [6, 6.07) is 9.19. The smallest absolute Gasteiger partial charge is 0.193 e. The quantitative estimate of drug-likeness (QED) is 0.841. The Balaban J connectivity index is 1.63. The van der Waals surface area contributed by atoms with Crippen molar-refractivity contribution in [1.82, 2.24) is 19.7 Å². The third kappa shape index (κ3) is 2.57.